The van der Waals surface area contributed by atoms with Gasteiger partial charge in [0.25, 0.3) is 0 Å². The maximum absolute atomic E-state index is 10.5. The van der Waals surface area contributed by atoms with Gasteiger partial charge in [0.1, 0.15) is 5.82 Å². The second-order valence-electron chi connectivity index (χ2n) is 4.37. The number of hydrogen-bond acceptors (Lipinski definition) is 4. The molecule has 1 atom stereocenters. The molecule has 0 saturated carbocycles. The van der Waals surface area contributed by atoms with Gasteiger partial charge in [-0.2, -0.15) is 5.10 Å². The van der Waals surface area contributed by atoms with E-state index in [0.29, 0.717) is 18.9 Å². The van der Waals surface area contributed by atoms with Crippen LogP contribution in [0.5, 0.6) is 0 Å². The van der Waals surface area contributed by atoms with Crippen molar-refractivity contribution in [2.45, 2.75) is 19.8 Å². The Bertz CT molecular complexity index is 538. The van der Waals surface area contributed by atoms with Gasteiger partial charge in [0.2, 0.25) is 0 Å². The zero-order valence-electron chi connectivity index (χ0n) is 10.2. The van der Waals surface area contributed by atoms with Gasteiger partial charge < -0.3 is 10.4 Å². The number of hydrogen-bond donors (Lipinski definition) is 2. The number of anilines is 1. The fourth-order valence-corrected chi connectivity index (χ4v) is 1.66. The summed E-state index contributed by atoms with van der Waals surface area (Å²) in [4.78, 5) is 14.8. The minimum Gasteiger partial charge on any atom is -0.481 e. The van der Waals surface area contributed by atoms with Crippen LogP contribution in [0.3, 0.4) is 0 Å². The lowest BCUT2D eigenvalue weighted by Crippen LogP contribution is -2.13. The smallest absolute Gasteiger partial charge is 0.303 e. The summed E-state index contributed by atoms with van der Waals surface area (Å²) in [5, 5.41) is 15.9. The van der Waals surface area contributed by atoms with Crippen molar-refractivity contribution in [2.75, 3.05) is 11.9 Å². The first kappa shape index (κ1) is 12.3. The van der Waals surface area contributed by atoms with E-state index in [9.17, 15) is 4.79 Å². The molecule has 0 saturated heterocycles. The lowest BCUT2D eigenvalue weighted by molar-refractivity contribution is -0.137. The maximum atomic E-state index is 10.5. The molecule has 0 aliphatic rings. The summed E-state index contributed by atoms with van der Waals surface area (Å²) in [6.07, 6.45) is 4.41. The first-order chi connectivity index (χ1) is 8.65. The predicted octanol–water partition coefficient (Wildman–Crippen LogP) is 1.64. The van der Waals surface area contributed by atoms with Crippen LogP contribution < -0.4 is 5.32 Å². The number of carboxylic acids is 1. The molecule has 0 amide bonds. The van der Waals surface area contributed by atoms with Gasteiger partial charge >= 0.3 is 5.97 Å². The van der Waals surface area contributed by atoms with Crippen molar-refractivity contribution >= 4 is 17.4 Å². The summed E-state index contributed by atoms with van der Waals surface area (Å²) in [6.45, 7) is 2.73. The Morgan fingerprint density at radius 1 is 1.56 bits per heavy atom. The van der Waals surface area contributed by atoms with E-state index in [1.165, 1.54) is 0 Å². The molecule has 6 heteroatoms. The molecule has 0 spiro atoms. The van der Waals surface area contributed by atoms with Crippen molar-refractivity contribution in [2.24, 2.45) is 5.92 Å². The quantitative estimate of drug-likeness (QED) is 0.812. The van der Waals surface area contributed by atoms with Gasteiger partial charge in [-0.3, -0.25) is 4.79 Å². The predicted molar refractivity (Wildman–Crippen MR) is 67.5 cm³/mol. The number of nitrogens with zero attached hydrogens (tertiary/aromatic N) is 3. The first-order valence-corrected chi connectivity index (χ1v) is 5.91. The minimum absolute atomic E-state index is 0.206. The van der Waals surface area contributed by atoms with E-state index in [1.807, 2.05) is 25.3 Å². The minimum atomic E-state index is -0.749. The zero-order chi connectivity index (χ0) is 13.0. The van der Waals surface area contributed by atoms with E-state index < -0.39 is 5.97 Å². The molecular weight excluding hydrogens is 232 g/mol. The average Bonchev–Trinajstić information content (AvgIpc) is 2.81. The van der Waals surface area contributed by atoms with Crippen molar-refractivity contribution in [3.63, 3.8) is 0 Å². The monoisotopic (exact) mass is 248 g/mol. The van der Waals surface area contributed by atoms with Crippen LogP contribution in [0.15, 0.2) is 24.5 Å². The van der Waals surface area contributed by atoms with Crippen LogP contribution in [0.2, 0.25) is 0 Å². The Hall–Kier alpha value is -2.11. The molecule has 0 fully saturated rings. The Labute approximate surface area is 105 Å². The van der Waals surface area contributed by atoms with Crippen molar-refractivity contribution in [3.05, 3.63) is 24.5 Å². The molecule has 0 aliphatic carbocycles. The highest BCUT2D eigenvalue weighted by atomic mass is 16.4. The van der Waals surface area contributed by atoms with Gasteiger partial charge in [0.15, 0.2) is 5.65 Å². The third kappa shape index (κ3) is 3.19. The van der Waals surface area contributed by atoms with Crippen molar-refractivity contribution in [3.8, 4) is 0 Å². The van der Waals surface area contributed by atoms with Gasteiger partial charge in [0.05, 0.1) is 6.20 Å². The highest BCUT2D eigenvalue weighted by molar-refractivity contribution is 5.66. The topological polar surface area (TPSA) is 79.5 Å². The third-order valence-electron chi connectivity index (χ3n) is 2.74. The van der Waals surface area contributed by atoms with Crippen molar-refractivity contribution < 1.29 is 9.90 Å². The zero-order valence-corrected chi connectivity index (χ0v) is 10.2. The molecule has 2 N–H and O–H groups in total. The van der Waals surface area contributed by atoms with Gasteiger partial charge in [-0.05, 0) is 18.4 Å². The van der Waals surface area contributed by atoms with Crippen molar-refractivity contribution in [1.29, 1.82) is 0 Å². The van der Waals surface area contributed by atoms with Crippen LogP contribution in [0.25, 0.3) is 5.65 Å². The van der Waals surface area contributed by atoms with Gasteiger partial charge in [-0.25, -0.2) is 9.50 Å². The summed E-state index contributed by atoms with van der Waals surface area (Å²) in [6, 6.07) is 3.68. The number of nitrogens with one attached hydrogen (secondary N) is 1. The van der Waals surface area contributed by atoms with Gasteiger partial charge in [-0.1, -0.05) is 6.92 Å². The molecule has 0 bridgehead atoms. The molecule has 2 heterocycles. The Kier molecular flexibility index (Phi) is 3.76. The fraction of sp³-hybridized carbons (Fsp3) is 0.417. The van der Waals surface area contributed by atoms with Crippen LogP contribution >= 0.6 is 0 Å². The molecule has 96 valence electrons. The van der Waals surface area contributed by atoms with E-state index in [1.54, 1.807) is 10.7 Å². The summed E-state index contributed by atoms with van der Waals surface area (Å²) in [7, 11) is 0. The number of carbonyl (C=O) groups is 1. The SMILES string of the molecule is CC(CCC(=O)O)CNc1ccn2nccc2n1. The summed E-state index contributed by atoms with van der Waals surface area (Å²) >= 11 is 0. The summed E-state index contributed by atoms with van der Waals surface area (Å²) in [5.74, 6) is 0.329. The largest absolute Gasteiger partial charge is 0.481 e. The van der Waals surface area contributed by atoms with E-state index >= 15 is 0 Å². The van der Waals surface area contributed by atoms with E-state index in [0.717, 1.165) is 11.5 Å². The molecule has 18 heavy (non-hydrogen) atoms. The maximum Gasteiger partial charge on any atom is 0.303 e. The molecule has 0 radical (unpaired) electrons. The molecular formula is C12H16N4O2. The molecule has 1 unspecified atom stereocenters. The van der Waals surface area contributed by atoms with E-state index in [4.69, 9.17) is 5.11 Å². The lowest BCUT2D eigenvalue weighted by atomic mass is 10.1. The number of rotatable bonds is 6. The number of fused-ring (bicyclic) bond motifs is 1. The molecule has 2 aromatic rings. The second-order valence-corrected chi connectivity index (χ2v) is 4.37. The standard InChI is InChI=1S/C12H16N4O2/c1-9(2-3-12(17)18)8-13-10-5-7-16-11(15-10)4-6-14-16/h4-7,9H,2-3,8H2,1H3,(H,13,15)(H,17,18). The second kappa shape index (κ2) is 5.48. The normalized spacial score (nSPS) is 12.5. The molecule has 2 aromatic heterocycles. The number of carboxylic acid groups (broad SMARTS) is 1. The summed E-state index contributed by atoms with van der Waals surface area (Å²) < 4.78 is 1.69. The van der Waals surface area contributed by atoms with E-state index in [-0.39, 0.29) is 6.42 Å². The third-order valence-corrected chi connectivity index (χ3v) is 2.74. The number of aliphatic carboxylic acids is 1. The molecule has 0 aromatic carbocycles. The first-order valence-electron chi connectivity index (χ1n) is 5.91. The van der Waals surface area contributed by atoms with Crippen LogP contribution in [0.4, 0.5) is 5.82 Å². The molecule has 0 aliphatic heterocycles. The highest BCUT2D eigenvalue weighted by Gasteiger charge is 2.06. The molecule has 2 rings (SSSR count). The van der Waals surface area contributed by atoms with Crippen molar-refractivity contribution in [1.82, 2.24) is 14.6 Å². The average molecular weight is 248 g/mol. The van der Waals surface area contributed by atoms with Crippen LogP contribution in [0.1, 0.15) is 19.8 Å². The van der Waals surface area contributed by atoms with Crippen LogP contribution in [0, 0.1) is 5.92 Å². The Balaban J connectivity index is 1.87. The Morgan fingerprint density at radius 2 is 2.39 bits per heavy atom. The Morgan fingerprint density at radius 3 is 3.17 bits per heavy atom. The number of aromatic nitrogens is 3. The van der Waals surface area contributed by atoms with Crippen LogP contribution in [-0.4, -0.2) is 32.2 Å². The van der Waals surface area contributed by atoms with Gasteiger partial charge in [-0.15, -0.1) is 0 Å². The lowest BCUT2D eigenvalue weighted by Gasteiger charge is -2.11. The summed E-state index contributed by atoms with van der Waals surface area (Å²) in [5.41, 5.74) is 0.790. The van der Waals surface area contributed by atoms with Crippen LogP contribution in [-0.2, 0) is 4.79 Å². The molecule has 6 nitrogen and oxygen atoms in total. The highest BCUT2D eigenvalue weighted by Crippen LogP contribution is 2.09. The van der Waals surface area contributed by atoms with E-state index in [2.05, 4.69) is 15.4 Å². The van der Waals surface area contributed by atoms with Gasteiger partial charge in [0, 0.05) is 25.2 Å². The fourth-order valence-electron chi connectivity index (χ4n) is 1.66.